The van der Waals surface area contributed by atoms with Gasteiger partial charge in [0.1, 0.15) is 5.54 Å². The first-order chi connectivity index (χ1) is 8.30. The third kappa shape index (κ3) is 3.20. The molecule has 2 aliphatic rings. The van der Waals surface area contributed by atoms with E-state index >= 15 is 0 Å². The van der Waals surface area contributed by atoms with Crippen LogP contribution in [0.5, 0.6) is 0 Å². The van der Waals surface area contributed by atoms with E-state index in [1.165, 1.54) is 51.4 Å². The second-order valence-corrected chi connectivity index (χ2v) is 5.53. The van der Waals surface area contributed by atoms with Crippen LogP contribution in [0.4, 0.5) is 0 Å². The van der Waals surface area contributed by atoms with Crippen molar-refractivity contribution in [3.05, 3.63) is 0 Å². The first-order valence-corrected chi connectivity index (χ1v) is 7.02. The van der Waals surface area contributed by atoms with Gasteiger partial charge in [-0.3, -0.25) is 0 Å². The Morgan fingerprint density at radius 1 is 1.18 bits per heavy atom. The van der Waals surface area contributed by atoms with Gasteiger partial charge in [-0.05, 0) is 38.6 Å². The van der Waals surface area contributed by atoms with E-state index < -0.39 is 5.54 Å². The topological polar surface area (TPSA) is 45.0 Å². The summed E-state index contributed by atoms with van der Waals surface area (Å²) in [6.45, 7) is 0.565. The summed E-state index contributed by atoms with van der Waals surface area (Å²) in [5.74, 6) is 0.503. The van der Waals surface area contributed by atoms with Crippen LogP contribution in [0.1, 0.15) is 51.4 Å². The van der Waals surface area contributed by atoms with Crippen molar-refractivity contribution in [1.29, 1.82) is 5.26 Å². The number of nitriles is 1. The lowest BCUT2D eigenvalue weighted by atomic mass is 9.96. The Morgan fingerprint density at radius 3 is 2.29 bits per heavy atom. The molecule has 3 heteroatoms. The lowest BCUT2D eigenvalue weighted by Crippen LogP contribution is -2.48. The van der Waals surface area contributed by atoms with E-state index in [0.29, 0.717) is 18.6 Å². The van der Waals surface area contributed by atoms with Crippen LogP contribution in [0.3, 0.4) is 0 Å². The van der Waals surface area contributed by atoms with Gasteiger partial charge in [-0.1, -0.05) is 25.7 Å². The molecule has 1 atom stereocenters. The highest BCUT2D eigenvalue weighted by Crippen LogP contribution is 2.39. The van der Waals surface area contributed by atoms with Crippen molar-refractivity contribution >= 4 is 0 Å². The number of ether oxygens (including phenoxy) is 1. The molecule has 1 unspecified atom stereocenters. The van der Waals surface area contributed by atoms with Crippen LogP contribution in [0.2, 0.25) is 0 Å². The van der Waals surface area contributed by atoms with E-state index in [1.807, 2.05) is 7.05 Å². The minimum atomic E-state index is -0.424. The maximum atomic E-state index is 9.38. The zero-order valence-electron chi connectivity index (χ0n) is 10.9. The fraction of sp³-hybridized carbons (Fsp3) is 0.929. The van der Waals surface area contributed by atoms with Crippen LogP contribution in [0.15, 0.2) is 0 Å². The molecular formula is C14H24N2O. The molecule has 0 heterocycles. The average molecular weight is 236 g/mol. The number of nitrogens with zero attached hydrogens (tertiary/aromatic N) is 1. The summed E-state index contributed by atoms with van der Waals surface area (Å²) in [4.78, 5) is 0. The minimum absolute atomic E-state index is 0.386. The Labute approximate surface area is 105 Å². The van der Waals surface area contributed by atoms with E-state index in [4.69, 9.17) is 4.74 Å². The van der Waals surface area contributed by atoms with Gasteiger partial charge in [-0.25, -0.2) is 0 Å². The van der Waals surface area contributed by atoms with E-state index in [1.54, 1.807) is 0 Å². The fourth-order valence-corrected chi connectivity index (χ4v) is 2.81. The molecule has 96 valence electrons. The molecule has 0 aromatic rings. The summed E-state index contributed by atoms with van der Waals surface area (Å²) in [6.07, 6.45) is 10.3. The molecule has 1 N–H and O–H groups in total. The third-order valence-electron chi connectivity index (χ3n) is 4.27. The maximum Gasteiger partial charge on any atom is 0.132 e. The van der Waals surface area contributed by atoms with Gasteiger partial charge in [-0.15, -0.1) is 0 Å². The molecule has 2 fully saturated rings. The zero-order chi connectivity index (χ0) is 12.1. The molecule has 2 aliphatic carbocycles. The van der Waals surface area contributed by atoms with Gasteiger partial charge >= 0.3 is 0 Å². The number of likely N-dealkylation sites (N-methyl/N-ethyl adjacent to an activating group) is 1. The monoisotopic (exact) mass is 236 g/mol. The van der Waals surface area contributed by atoms with Crippen molar-refractivity contribution in [2.24, 2.45) is 5.92 Å². The smallest absolute Gasteiger partial charge is 0.132 e. The average Bonchev–Trinajstić information content (AvgIpc) is 3.18. The van der Waals surface area contributed by atoms with Crippen LogP contribution in [-0.2, 0) is 4.74 Å². The van der Waals surface area contributed by atoms with Crippen molar-refractivity contribution in [3.8, 4) is 6.07 Å². The van der Waals surface area contributed by atoms with E-state index in [2.05, 4.69) is 11.4 Å². The van der Waals surface area contributed by atoms with Gasteiger partial charge in [0.05, 0.1) is 18.8 Å². The highest BCUT2D eigenvalue weighted by molar-refractivity contribution is 5.15. The molecule has 0 radical (unpaired) electrons. The van der Waals surface area contributed by atoms with Crippen molar-refractivity contribution in [1.82, 2.24) is 5.32 Å². The molecule has 0 aromatic heterocycles. The summed E-state index contributed by atoms with van der Waals surface area (Å²) >= 11 is 0. The molecule has 0 bridgehead atoms. The summed E-state index contributed by atoms with van der Waals surface area (Å²) in [7, 11) is 1.89. The molecule has 0 saturated heterocycles. The van der Waals surface area contributed by atoms with Gasteiger partial charge < -0.3 is 10.1 Å². The number of hydrogen-bond acceptors (Lipinski definition) is 3. The minimum Gasteiger partial charge on any atom is -0.375 e. The second-order valence-electron chi connectivity index (χ2n) is 5.53. The summed E-state index contributed by atoms with van der Waals surface area (Å²) in [5, 5.41) is 12.6. The van der Waals surface area contributed by atoms with Crippen molar-refractivity contribution in [2.45, 2.75) is 63.0 Å². The van der Waals surface area contributed by atoms with E-state index in [0.717, 1.165) is 0 Å². The molecule has 0 aromatic carbocycles. The van der Waals surface area contributed by atoms with Crippen molar-refractivity contribution < 1.29 is 4.74 Å². The lowest BCUT2D eigenvalue weighted by molar-refractivity contribution is 0.0117. The lowest BCUT2D eigenvalue weighted by Gasteiger charge is -2.28. The molecule has 2 saturated carbocycles. The van der Waals surface area contributed by atoms with Crippen LogP contribution < -0.4 is 5.32 Å². The highest BCUT2D eigenvalue weighted by atomic mass is 16.5. The Hall–Kier alpha value is -0.590. The third-order valence-corrected chi connectivity index (χ3v) is 4.27. The Bertz CT molecular complexity index is 274. The molecule has 17 heavy (non-hydrogen) atoms. The molecule has 0 amide bonds. The number of hydrogen-bond donors (Lipinski definition) is 1. The summed E-state index contributed by atoms with van der Waals surface area (Å²) < 4.78 is 6.03. The van der Waals surface area contributed by atoms with Crippen molar-refractivity contribution in [3.63, 3.8) is 0 Å². The first-order valence-electron chi connectivity index (χ1n) is 7.02. The Balaban J connectivity index is 1.84. The van der Waals surface area contributed by atoms with Crippen LogP contribution >= 0.6 is 0 Å². The SMILES string of the molecule is CNC(C#N)(COC1CCCCCC1)C1CC1. The highest BCUT2D eigenvalue weighted by Gasteiger charge is 2.45. The molecule has 2 rings (SSSR count). The van der Waals surface area contributed by atoms with E-state index in [-0.39, 0.29) is 0 Å². The fourth-order valence-electron chi connectivity index (χ4n) is 2.81. The Morgan fingerprint density at radius 2 is 1.82 bits per heavy atom. The van der Waals surface area contributed by atoms with Crippen LogP contribution in [-0.4, -0.2) is 25.3 Å². The normalized spacial score (nSPS) is 25.9. The van der Waals surface area contributed by atoms with Gasteiger partial charge in [-0.2, -0.15) is 5.26 Å². The zero-order valence-corrected chi connectivity index (χ0v) is 10.9. The molecular weight excluding hydrogens is 212 g/mol. The maximum absolute atomic E-state index is 9.38. The second kappa shape index (κ2) is 5.84. The summed E-state index contributed by atoms with van der Waals surface area (Å²) in [6, 6.07) is 2.45. The van der Waals surface area contributed by atoms with Gasteiger partial charge in [0.25, 0.3) is 0 Å². The van der Waals surface area contributed by atoms with Crippen LogP contribution in [0, 0.1) is 17.2 Å². The molecule has 3 nitrogen and oxygen atoms in total. The van der Waals surface area contributed by atoms with Crippen LogP contribution in [0.25, 0.3) is 0 Å². The predicted molar refractivity (Wildman–Crippen MR) is 67.6 cm³/mol. The number of rotatable bonds is 5. The molecule has 0 aliphatic heterocycles. The predicted octanol–water partition coefficient (Wildman–Crippen LogP) is 2.62. The standard InChI is InChI=1S/C14H24N2O/c1-16-14(10-15,12-8-9-12)11-17-13-6-4-2-3-5-7-13/h12-13,16H,2-9,11H2,1H3. The largest absolute Gasteiger partial charge is 0.375 e. The Kier molecular flexibility index (Phi) is 4.42. The van der Waals surface area contributed by atoms with Gasteiger partial charge in [0.15, 0.2) is 0 Å². The number of nitrogens with one attached hydrogen (secondary N) is 1. The van der Waals surface area contributed by atoms with Crippen molar-refractivity contribution in [2.75, 3.05) is 13.7 Å². The van der Waals surface area contributed by atoms with Gasteiger partial charge in [0.2, 0.25) is 0 Å². The molecule has 0 spiro atoms. The quantitative estimate of drug-likeness (QED) is 0.746. The summed E-state index contributed by atoms with van der Waals surface area (Å²) in [5.41, 5.74) is -0.424. The first kappa shape index (κ1) is 12.9. The van der Waals surface area contributed by atoms with Gasteiger partial charge in [0, 0.05) is 0 Å². The van der Waals surface area contributed by atoms with E-state index in [9.17, 15) is 5.26 Å².